The second-order valence-corrected chi connectivity index (χ2v) is 9.82. The third kappa shape index (κ3) is 4.51. The van der Waals surface area contributed by atoms with Gasteiger partial charge in [-0.2, -0.15) is 0 Å². The lowest BCUT2D eigenvalue weighted by Crippen LogP contribution is -2.54. The molecule has 0 unspecified atom stereocenters. The monoisotopic (exact) mass is 460 g/mol. The Morgan fingerprint density at radius 2 is 1.97 bits per heavy atom. The number of carbonyl (C=O) groups excluding carboxylic acids is 1. The Kier molecular flexibility index (Phi) is 5.79. The number of H-pyrrole nitrogens is 1. The van der Waals surface area contributed by atoms with Gasteiger partial charge >= 0.3 is 0 Å². The van der Waals surface area contributed by atoms with Crippen LogP contribution in [0.25, 0.3) is 33.2 Å². The van der Waals surface area contributed by atoms with Crippen LogP contribution >= 0.6 is 0 Å². The largest absolute Gasteiger partial charge is 0.497 e. The number of rotatable bonds is 6. The minimum absolute atomic E-state index is 0.129. The number of ether oxygens (including phenoxy) is 1. The number of nitrogens with one attached hydrogen (secondary N) is 1. The summed E-state index contributed by atoms with van der Waals surface area (Å²) < 4.78 is 7.52. The molecule has 0 saturated carbocycles. The van der Waals surface area contributed by atoms with Gasteiger partial charge in [-0.15, -0.1) is 0 Å². The smallest absolute Gasteiger partial charge is 0.242 e. The van der Waals surface area contributed by atoms with E-state index in [-0.39, 0.29) is 11.4 Å². The molecule has 0 atom stereocenters. The van der Waals surface area contributed by atoms with Gasteiger partial charge in [0.15, 0.2) is 0 Å². The molecule has 1 fully saturated rings. The molecule has 0 spiro atoms. The standard InChI is InChI=1S/C26H32N6O2/c1-26(2,27)17-30-9-11-31(12-10-30)24(33)16-32-15-21(20-14-19(34-3)6-7-23(20)32)22-13-18-5-4-8-28-25(18)29-22/h4-8,13-15H,9-12,16-17,27H2,1-3H3,(H,28,29). The molecule has 8 nitrogen and oxygen atoms in total. The number of benzene rings is 1. The quantitative estimate of drug-likeness (QED) is 0.461. The van der Waals surface area contributed by atoms with Crippen LogP contribution in [-0.2, 0) is 11.3 Å². The highest BCUT2D eigenvalue weighted by molar-refractivity contribution is 5.99. The van der Waals surface area contributed by atoms with Crippen LogP contribution in [0.4, 0.5) is 0 Å². The summed E-state index contributed by atoms with van der Waals surface area (Å²) in [6.07, 6.45) is 3.84. The molecule has 8 heteroatoms. The zero-order chi connectivity index (χ0) is 23.9. The van der Waals surface area contributed by atoms with Crippen LogP contribution < -0.4 is 10.5 Å². The van der Waals surface area contributed by atoms with Crippen LogP contribution in [0.2, 0.25) is 0 Å². The highest BCUT2D eigenvalue weighted by Crippen LogP contribution is 2.34. The number of hydrogen-bond donors (Lipinski definition) is 2. The van der Waals surface area contributed by atoms with E-state index in [4.69, 9.17) is 10.5 Å². The number of fused-ring (bicyclic) bond motifs is 2. The normalized spacial score (nSPS) is 15.4. The summed E-state index contributed by atoms with van der Waals surface area (Å²) in [6, 6.07) is 12.1. The molecule has 3 aromatic heterocycles. The first-order valence-corrected chi connectivity index (χ1v) is 11.7. The first-order valence-electron chi connectivity index (χ1n) is 11.7. The van der Waals surface area contributed by atoms with Gasteiger partial charge in [0.25, 0.3) is 0 Å². The van der Waals surface area contributed by atoms with E-state index in [9.17, 15) is 4.79 Å². The van der Waals surface area contributed by atoms with Gasteiger partial charge in [0, 0.05) is 78.2 Å². The Labute approximate surface area is 199 Å². The summed E-state index contributed by atoms with van der Waals surface area (Å²) in [5, 5.41) is 2.09. The van der Waals surface area contributed by atoms with Crippen LogP contribution in [0.5, 0.6) is 5.75 Å². The number of aromatic nitrogens is 3. The van der Waals surface area contributed by atoms with Crippen molar-refractivity contribution in [1.29, 1.82) is 0 Å². The Balaban J connectivity index is 1.41. The lowest BCUT2D eigenvalue weighted by atomic mass is 10.1. The average molecular weight is 461 g/mol. The Morgan fingerprint density at radius 3 is 2.68 bits per heavy atom. The third-order valence-electron chi connectivity index (χ3n) is 6.43. The number of nitrogens with zero attached hydrogens (tertiary/aromatic N) is 4. The van der Waals surface area contributed by atoms with Crippen molar-refractivity contribution < 1.29 is 9.53 Å². The van der Waals surface area contributed by atoms with Gasteiger partial charge in [-0.05, 0) is 50.2 Å². The van der Waals surface area contributed by atoms with Gasteiger partial charge in [-0.1, -0.05) is 0 Å². The fourth-order valence-electron chi connectivity index (χ4n) is 4.83. The summed E-state index contributed by atoms with van der Waals surface area (Å²) in [7, 11) is 1.67. The van der Waals surface area contributed by atoms with Crippen molar-refractivity contribution in [2.45, 2.75) is 25.9 Å². The van der Waals surface area contributed by atoms with Crippen LogP contribution in [0.1, 0.15) is 13.8 Å². The molecule has 178 valence electrons. The lowest BCUT2D eigenvalue weighted by Gasteiger charge is -2.37. The number of amides is 1. The summed E-state index contributed by atoms with van der Waals surface area (Å²) >= 11 is 0. The first-order chi connectivity index (χ1) is 16.3. The van der Waals surface area contributed by atoms with E-state index in [1.54, 1.807) is 13.3 Å². The molecule has 4 aromatic rings. The van der Waals surface area contributed by atoms with Gasteiger partial charge in [0.1, 0.15) is 17.9 Å². The predicted molar refractivity (Wildman–Crippen MR) is 135 cm³/mol. The van der Waals surface area contributed by atoms with Crippen molar-refractivity contribution in [2.75, 3.05) is 39.8 Å². The van der Waals surface area contributed by atoms with E-state index in [1.807, 2.05) is 53.6 Å². The van der Waals surface area contributed by atoms with Crippen molar-refractivity contribution in [3.05, 3.63) is 48.8 Å². The summed E-state index contributed by atoms with van der Waals surface area (Å²) in [6.45, 7) is 8.36. The van der Waals surface area contributed by atoms with E-state index >= 15 is 0 Å². The molecule has 0 radical (unpaired) electrons. The second kappa shape index (κ2) is 8.77. The van der Waals surface area contributed by atoms with Crippen LogP contribution in [0.3, 0.4) is 0 Å². The van der Waals surface area contributed by atoms with Gasteiger partial charge in [0.05, 0.1) is 7.11 Å². The maximum atomic E-state index is 13.2. The molecule has 0 aliphatic carbocycles. The molecule has 1 aliphatic rings. The van der Waals surface area contributed by atoms with Crippen molar-refractivity contribution in [3.63, 3.8) is 0 Å². The zero-order valence-electron chi connectivity index (χ0n) is 20.0. The summed E-state index contributed by atoms with van der Waals surface area (Å²) in [4.78, 5) is 25.4. The van der Waals surface area contributed by atoms with E-state index in [0.717, 1.165) is 71.7 Å². The Bertz CT molecular complexity index is 1290. The van der Waals surface area contributed by atoms with Crippen molar-refractivity contribution in [2.24, 2.45) is 5.73 Å². The Morgan fingerprint density at radius 1 is 1.18 bits per heavy atom. The molecule has 1 saturated heterocycles. The van der Waals surface area contributed by atoms with Gasteiger partial charge < -0.3 is 24.9 Å². The Hall–Kier alpha value is -3.36. The summed E-state index contributed by atoms with van der Waals surface area (Å²) in [5.74, 6) is 0.912. The highest BCUT2D eigenvalue weighted by Gasteiger charge is 2.25. The number of aromatic amines is 1. The molecule has 1 amide bonds. The van der Waals surface area contributed by atoms with E-state index < -0.39 is 0 Å². The molecule has 34 heavy (non-hydrogen) atoms. The minimum atomic E-state index is -0.230. The number of nitrogens with two attached hydrogens (primary N) is 1. The maximum Gasteiger partial charge on any atom is 0.242 e. The average Bonchev–Trinajstić information content (AvgIpc) is 3.39. The summed E-state index contributed by atoms with van der Waals surface area (Å²) in [5.41, 5.74) is 9.77. The third-order valence-corrected chi connectivity index (χ3v) is 6.43. The second-order valence-electron chi connectivity index (χ2n) is 9.82. The first kappa shape index (κ1) is 22.4. The van der Waals surface area contributed by atoms with E-state index in [0.29, 0.717) is 6.54 Å². The number of methoxy groups -OCH3 is 1. The minimum Gasteiger partial charge on any atom is -0.497 e. The van der Waals surface area contributed by atoms with E-state index in [2.05, 4.69) is 27.1 Å². The fourth-order valence-corrected chi connectivity index (χ4v) is 4.83. The molecule has 1 aliphatic heterocycles. The lowest BCUT2D eigenvalue weighted by molar-refractivity contribution is -0.133. The molecular formula is C26H32N6O2. The van der Waals surface area contributed by atoms with Crippen LogP contribution in [0, 0.1) is 0 Å². The topological polar surface area (TPSA) is 92.4 Å². The number of hydrogen-bond acceptors (Lipinski definition) is 5. The molecule has 3 N–H and O–H groups in total. The van der Waals surface area contributed by atoms with Crippen LogP contribution in [-0.4, -0.2) is 75.6 Å². The van der Waals surface area contributed by atoms with Gasteiger partial charge in [-0.25, -0.2) is 4.98 Å². The molecular weight excluding hydrogens is 428 g/mol. The van der Waals surface area contributed by atoms with Crippen molar-refractivity contribution in [1.82, 2.24) is 24.3 Å². The fraction of sp³-hybridized carbons (Fsp3) is 0.385. The van der Waals surface area contributed by atoms with Crippen LogP contribution in [0.15, 0.2) is 48.8 Å². The van der Waals surface area contributed by atoms with Gasteiger partial charge in [-0.3, -0.25) is 9.69 Å². The van der Waals surface area contributed by atoms with Crippen molar-refractivity contribution >= 4 is 27.8 Å². The van der Waals surface area contributed by atoms with Crippen molar-refractivity contribution in [3.8, 4) is 17.0 Å². The molecule has 5 rings (SSSR count). The highest BCUT2D eigenvalue weighted by atomic mass is 16.5. The maximum absolute atomic E-state index is 13.2. The zero-order valence-corrected chi connectivity index (χ0v) is 20.0. The van der Waals surface area contributed by atoms with E-state index in [1.165, 1.54) is 0 Å². The predicted octanol–water partition coefficient (Wildman–Crippen LogP) is 3.07. The molecule has 4 heterocycles. The molecule has 1 aromatic carbocycles. The SMILES string of the molecule is COc1ccc2c(c1)c(-c1cc3cccnc3[nH]1)cn2CC(=O)N1CCN(CC(C)(C)N)CC1. The number of carbonyl (C=O) groups is 1. The molecule has 0 bridgehead atoms. The number of piperazine rings is 1. The van der Waals surface area contributed by atoms with Gasteiger partial charge in [0.2, 0.25) is 5.91 Å². The number of pyridine rings is 1.